The summed E-state index contributed by atoms with van der Waals surface area (Å²) < 4.78 is 8.92. The smallest absolute Gasteiger partial charge is 0.136 e. The molecule has 10 aromatic rings. The molecule has 0 fully saturated rings. The van der Waals surface area contributed by atoms with E-state index >= 15 is 0 Å². The molecule has 0 N–H and O–H groups in total. The third kappa shape index (κ3) is 2.83. The SMILES string of the molecule is c1ccc2c(c1)ccc1c2c2ccccc2n1-c1ccc2oc3cc4c5ccccc5c5ccccc5c4cc3c2c1. The van der Waals surface area contributed by atoms with Crippen LogP contribution in [0.2, 0.25) is 0 Å². The van der Waals surface area contributed by atoms with Crippen LogP contribution in [0.15, 0.2) is 144 Å². The van der Waals surface area contributed by atoms with Crippen LogP contribution >= 0.6 is 0 Å². The van der Waals surface area contributed by atoms with E-state index in [0.717, 1.165) is 27.6 Å². The predicted octanol–water partition coefficient (Wildman–Crippen LogP) is 11.3. The zero-order chi connectivity index (χ0) is 27.4. The molecule has 10 rings (SSSR count). The lowest BCUT2D eigenvalue weighted by Gasteiger charge is -2.10. The van der Waals surface area contributed by atoms with E-state index in [2.05, 4.69) is 144 Å². The first-order valence-corrected chi connectivity index (χ1v) is 14.4. The van der Waals surface area contributed by atoms with Crippen molar-refractivity contribution in [3.05, 3.63) is 140 Å². The topological polar surface area (TPSA) is 18.1 Å². The molecule has 42 heavy (non-hydrogen) atoms. The number of aromatic nitrogens is 1. The van der Waals surface area contributed by atoms with E-state index in [1.54, 1.807) is 0 Å². The van der Waals surface area contributed by atoms with Gasteiger partial charge in [-0.25, -0.2) is 0 Å². The summed E-state index contributed by atoms with van der Waals surface area (Å²) in [5, 5.41) is 15.0. The maximum Gasteiger partial charge on any atom is 0.136 e. The maximum absolute atomic E-state index is 6.52. The summed E-state index contributed by atoms with van der Waals surface area (Å²) >= 11 is 0. The van der Waals surface area contributed by atoms with Crippen molar-refractivity contribution in [3.8, 4) is 5.69 Å². The molecule has 0 aliphatic heterocycles. The van der Waals surface area contributed by atoms with E-state index in [4.69, 9.17) is 4.42 Å². The summed E-state index contributed by atoms with van der Waals surface area (Å²) in [6.07, 6.45) is 0. The Morgan fingerprint density at radius 1 is 0.357 bits per heavy atom. The Morgan fingerprint density at radius 2 is 0.952 bits per heavy atom. The van der Waals surface area contributed by atoms with Crippen LogP contribution in [0.3, 0.4) is 0 Å². The summed E-state index contributed by atoms with van der Waals surface area (Å²) in [6.45, 7) is 0. The standard InChI is InChI=1S/C40H23NO/c1-2-10-26-24(9-1)17-19-37-40(26)31-15-7-8-16-36(31)41(37)25-18-20-38-34(21-25)35-22-32-29-13-5-3-11-27(29)28-12-4-6-14-30(28)33(32)23-39(35)42-38/h1-23H. The summed E-state index contributed by atoms with van der Waals surface area (Å²) in [6, 6.07) is 50.6. The number of fused-ring (bicyclic) bond motifs is 14. The first-order valence-electron chi connectivity index (χ1n) is 14.4. The zero-order valence-corrected chi connectivity index (χ0v) is 22.6. The Kier molecular flexibility index (Phi) is 4.21. The van der Waals surface area contributed by atoms with E-state index in [1.165, 1.54) is 64.9 Å². The van der Waals surface area contributed by atoms with Gasteiger partial charge in [-0.2, -0.15) is 0 Å². The number of hydrogen-bond donors (Lipinski definition) is 0. The molecule has 0 spiro atoms. The largest absolute Gasteiger partial charge is 0.456 e. The molecule has 0 aliphatic rings. The van der Waals surface area contributed by atoms with Crippen LogP contribution < -0.4 is 0 Å². The van der Waals surface area contributed by atoms with E-state index in [0.29, 0.717) is 0 Å². The van der Waals surface area contributed by atoms with Gasteiger partial charge in [-0.3, -0.25) is 0 Å². The minimum absolute atomic E-state index is 0.906. The highest BCUT2D eigenvalue weighted by Crippen LogP contribution is 2.41. The van der Waals surface area contributed by atoms with Gasteiger partial charge < -0.3 is 8.98 Å². The van der Waals surface area contributed by atoms with Crippen molar-refractivity contribution in [1.82, 2.24) is 4.57 Å². The summed E-state index contributed by atoms with van der Waals surface area (Å²) in [4.78, 5) is 0. The highest BCUT2D eigenvalue weighted by Gasteiger charge is 2.17. The molecule has 2 nitrogen and oxygen atoms in total. The lowest BCUT2D eigenvalue weighted by Crippen LogP contribution is -1.93. The molecule has 2 heterocycles. The third-order valence-corrected chi connectivity index (χ3v) is 9.14. The van der Waals surface area contributed by atoms with Crippen molar-refractivity contribution >= 4 is 86.8 Å². The fourth-order valence-electron chi connectivity index (χ4n) is 7.32. The predicted molar refractivity (Wildman–Crippen MR) is 178 cm³/mol. The van der Waals surface area contributed by atoms with Crippen molar-refractivity contribution in [2.24, 2.45) is 0 Å². The van der Waals surface area contributed by atoms with Gasteiger partial charge in [0.05, 0.1) is 11.0 Å². The lowest BCUT2D eigenvalue weighted by molar-refractivity contribution is 0.669. The molecule has 0 aliphatic carbocycles. The van der Waals surface area contributed by atoms with Gasteiger partial charge in [0.1, 0.15) is 11.2 Å². The van der Waals surface area contributed by atoms with Crippen molar-refractivity contribution in [3.63, 3.8) is 0 Å². The Labute approximate surface area is 240 Å². The lowest BCUT2D eigenvalue weighted by atomic mass is 9.93. The van der Waals surface area contributed by atoms with Crippen LogP contribution in [0.25, 0.3) is 92.5 Å². The highest BCUT2D eigenvalue weighted by molar-refractivity contribution is 6.28. The van der Waals surface area contributed by atoms with Crippen molar-refractivity contribution in [1.29, 1.82) is 0 Å². The first kappa shape index (κ1) is 22.1. The Balaban J connectivity index is 1.31. The molecule has 0 amide bonds. The average Bonchev–Trinajstić information content (AvgIpc) is 3.59. The molecule has 2 aromatic heterocycles. The van der Waals surface area contributed by atoms with E-state index in [-0.39, 0.29) is 0 Å². The molecule has 194 valence electrons. The van der Waals surface area contributed by atoms with Crippen molar-refractivity contribution < 1.29 is 4.42 Å². The van der Waals surface area contributed by atoms with Gasteiger partial charge in [0, 0.05) is 27.2 Å². The Hall–Kier alpha value is -5.60. The van der Waals surface area contributed by atoms with Gasteiger partial charge in [-0.05, 0) is 85.6 Å². The second kappa shape index (κ2) is 7.99. The molecule has 0 atom stereocenters. The molecule has 8 aromatic carbocycles. The summed E-state index contributed by atoms with van der Waals surface area (Å²) in [5.74, 6) is 0. The van der Waals surface area contributed by atoms with Crippen molar-refractivity contribution in [2.45, 2.75) is 0 Å². The maximum atomic E-state index is 6.52. The average molecular weight is 534 g/mol. The minimum Gasteiger partial charge on any atom is -0.456 e. The molecule has 0 bridgehead atoms. The number of benzene rings is 8. The van der Waals surface area contributed by atoms with Crippen molar-refractivity contribution in [2.75, 3.05) is 0 Å². The number of rotatable bonds is 1. The summed E-state index contributed by atoms with van der Waals surface area (Å²) in [5.41, 5.74) is 5.38. The van der Waals surface area contributed by atoms with Gasteiger partial charge in [0.15, 0.2) is 0 Å². The number of nitrogens with zero attached hydrogens (tertiary/aromatic N) is 1. The number of furan rings is 1. The van der Waals surface area contributed by atoms with Crippen LogP contribution in [0, 0.1) is 0 Å². The van der Waals surface area contributed by atoms with Gasteiger partial charge in [-0.1, -0.05) is 97.1 Å². The van der Waals surface area contributed by atoms with Crippen LogP contribution in [0.5, 0.6) is 0 Å². The fourth-order valence-corrected chi connectivity index (χ4v) is 7.32. The van der Waals surface area contributed by atoms with Gasteiger partial charge in [-0.15, -0.1) is 0 Å². The molecular formula is C40H23NO. The van der Waals surface area contributed by atoms with Crippen LogP contribution in [0.1, 0.15) is 0 Å². The van der Waals surface area contributed by atoms with E-state index < -0.39 is 0 Å². The second-order valence-electron chi connectivity index (χ2n) is 11.3. The molecule has 0 radical (unpaired) electrons. The Morgan fingerprint density at radius 3 is 1.71 bits per heavy atom. The molecule has 0 saturated carbocycles. The Bertz CT molecular complexity index is 2740. The third-order valence-electron chi connectivity index (χ3n) is 9.14. The van der Waals surface area contributed by atoms with E-state index in [9.17, 15) is 0 Å². The quantitative estimate of drug-likeness (QED) is 0.192. The highest BCUT2D eigenvalue weighted by atomic mass is 16.3. The van der Waals surface area contributed by atoms with Gasteiger partial charge in [0.2, 0.25) is 0 Å². The van der Waals surface area contributed by atoms with E-state index in [1.807, 2.05) is 0 Å². The molecule has 2 heteroatoms. The van der Waals surface area contributed by atoms with Crippen LogP contribution in [-0.4, -0.2) is 4.57 Å². The van der Waals surface area contributed by atoms with Gasteiger partial charge >= 0.3 is 0 Å². The molecule has 0 saturated heterocycles. The van der Waals surface area contributed by atoms with Crippen LogP contribution in [-0.2, 0) is 0 Å². The second-order valence-corrected chi connectivity index (χ2v) is 11.3. The zero-order valence-electron chi connectivity index (χ0n) is 22.6. The minimum atomic E-state index is 0.906. The normalized spacial score (nSPS) is 12.3. The fraction of sp³-hybridized carbons (Fsp3) is 0. The number of hydrogen-bond acceptors (Lipinski definition) is 1. The van der Waals surface area contributed by atoms with Gasteiger partial charge in [0.25, 0.3) is 0 Å². The van der Waals surface area contributed by atoms with Crippen LogP contribution in [0.4, 0.5) is 0 Å². The summed E-state index contributed by atoms with van der Waals surface area (Å²) in [7, 11) is 0. The number of para-hydroxylation sites is 1. The first-order chi connectivity index (χ1) is 20.8. The monoisotopic (exact) mass is 533 g/mol. The molecule has 0 unspecified atom stereocenters. The molecular weight excluding hydrogens is 510 g/mol.